The lowest BCUT2D eigenvalue weighted by Crippen LogP contribution is -2.48. The number of β-amino-alcohol motifs (C(OH)–C–C–N with tert-alkyl or cyclic N) is 1. The fourth-order valence-corrected chi connectivity index (χ4v) is 3.23. The van der Waals surface area contributed by atoms with Crippen molar-refractivity contribution in [2.24, 2.45) is 4.99 Å². The second-order valence-corrected chi connectivity index (χ2v) is 7.58. The highest BCUT2D eigenvalue weighted by Gasteiger charge is 2.25. The van der Waals surface area contributed by atoms with Crippen LogP contribution in [0, 0.1) is 13.8 Å². The highest BCUT2D eigenvalue weighted by Crippen LogP contribution is 2.21. The van der Waals surface area contributed by atoms with Gasteiger partial charge in [-0.25, -0.2) is 0 Å². The van der Waals surface area contributed by atoms with Crippen LogP contribution < -0.4 is 15.4 Å². The minimum Gasteiger partial charge on any atom is -0.491 e. The van der Waals surface area contributed by atoms with Crippen LogP contribution in [0.5, 0.6) is 5.75 Å². The largest absolute Gasteiger partial charge is 0.491 e. The summed E-state index contributed by atoms with van der Waals surface area (Å²) >= 11 is 0. The highest BCUT2D eigenvalue weighted by molar-refractivity contribution is 5.79. The standard InChI is InChI=1S/C21H36N4O3/c1-5-22-20(23-9-12-28-19-17(2)7-6-8-18(19)3)24-15-21(4,26)16-25-10-13-27-14-11-25/h6-8,26H,5,9-16H2,1-4H3,(H2,22,23,24). The van der Waals surface area contributed by atoms with Gasteiger partial charge in [-0.3, -0.25) is 9.89 Å². The molecular formula is C21H36N4O3. The number of nitrogens with zero attached hydrogens (tertiary/aromatic N) is 2. The first-order valence-corrected chi connectivity index (χ1v) is 10.1. The Labute approximate surface area is 169 Å². The molecule has 2 rings (SSSR count). The van der Waals surface area contributed by atoms with E-state index in [1.165, 1.54) is 0 Å². The zero-order valence-electron chi connectivity index (χ0n) is 17.8. The average molecular weight is 393 g/mol. The Morgan fingerprint density at radius 2 is 1.93 bits per heavy atom. The summed E-state index contributed by atoms with van der Waals surface area (Å²) in [5.74, 6) is 1.63. The van der Waals surface area contributed by atoms with Gasteiger partial charge in [0.05, 0.1) is 31.9 Å². The quantitative estimate of drug-likeness (QED) is 0.334. The summed E-state index contributed by atoms with van der Waals surface area (Å²) in [5.41, 5.74) is 1.40. The Morgan fingerprint density at radius 3 is 2.57 bits per heavy atom. The molecule has 1 unspecified atom stereocenters. The summed E-state index contributed by atoms with van der Waals surface area (Å²) in [4.78, 5) is 6.78. The van der Waals surface area contributed by atoms with Gasteiger partial charge < -0.3 is 25.2 Å². The predicted molar refractivity (Wildman–Crippen MR) is 113 cm³/mol. The maximum Gasteiger partial charge on any atom is 0.191 e. The van der Waals surface area contributed by atoms with Crippen molar-refractivity contribution in [1.29, 1.82) is 0 Å². The van der Waals surface area contributed by atoms with Gasteiger partial charge in [-0.2, -0.15) is 0 Å². The average Bonchev–Trinajstić information content (AvgIpc) is 2.65. The number of guanidine groups is 1. The van der Waals surface area contributed by atoms with Gasteiger partial charge in [0, 0.05) is 26.2 Å². The van der Waals surface area contributed by atoms with E-state index in [9.17, 15) is 5.11 Å². The lowest BCUT2D eigenvalue weighted by atomic mass is 10.1. The van der Waals surface area contributed by atoms with Crippen molar-refractivity contribution >= 4 is 5.96 Å². The summed E-state index contributed by atoms with van der Waals surface area (Å²) < 4.78 is 11.3. The molecule has 0 amide bonds. The van der Waals surface area contributed by atoms with Crippen molar-refractivity contribution in [2.75, 3.05) is 59.1 Å². The number of hydrogen-bond acceptors (Lipinski definition) is 5. The number of rotatable bonds is 9. The summed E-state index contributed by atoms with van der Waals surface area (Å²) in [6.45, 7) is 14.0. The van der Waals surface area contributed by atoms with E-state index in [0.717, 1.165) is 49.7 Å². The van der Waals surface area contributed by atoms with Crippen molar-refractivity contribution in [3.63, 3.8) is 0 Å². The molecule has 3 N–H and O–H groups in total. The van der Waals surface area contributed by atoms with Gasteiger partial charge in [0.15, 0.2) is 5.96 Å². The molecule has 7 heteroatoms. The zero-order chi connectivity index (χ0) is 20.4. The summed E-state index contributed by atoms with van der Waals surface area (Å²) in [7, 11) is 0. The third-order valence-corrected chi connectivity index (χ3v) is 4.64. The number of ether oxygens (including phenoxy) is 2. The number of aliphatic imine (C=N–C) groups is 1. The monoisotopic (exact) mass is 392 g/mol. The van der Waals surface area contributed by atoms with Gasteiger partial charge in [-0.1, -0.05) is 18.2 Å². The van der Waals surface area contributed by atoms with E-state index in [0.29, 0.717) is 32.2 Å². The topological polar surface area (TPSA) is 78.4 Å². The zero-order valence-corrected chi connectivity index (χ0v) is 17.8. The molecule has 1 aromatic carbocycles. The second kappa shape index (κ2) is 11.2. The third kappa shape index (κ3) is 7.66. The molecule has 0 spiro atoms. The number of para-hydroxylation sites is 1. The molecule has 0 radical (unpaired) electrons. The van der Waals surface area contributed by atoms with Crippen molar-refractivity contribution in [2.45, 2.75) is 33.3 Å². The molecule has 1 saturated heterocycles. The van der Waals surface area contributed by atoms with Crippen LogP contribution in [0.2, 0.25) is 0 Å². The van der Waals surface area contributed by atoms with Crippen LogP contribution in [0.4, 0.5) is 0 Å². The lowest BCUT2D eigenvalue weighted by molar-refractivity contribution is -0.0179. The van der Waals surface area contributed by atoms with E-state index in [-0.39, 0.29) is 0 Å². The number of morpholine rings is 1. The molecule has 28 heavy (non-hydrogen) atoms. The van der Waals surface area contributed by atoms with E-state index >= 15 is 0 Å². The van der Waals surface area contributed by atoms with Crippen LogP contribution >= 0.6 is 0 Å². The smallest absolute Gasteiger partial charge is 0.191 e. The number of hydrogen-bond donors (Lipinski definition) is 3. The second-order valence-electron chi connectivity index (χ2n) is 7.58. The molecule has 0 saturated carbocycles. The van der Waals surface area contributed by atoms with Gasteiger partial charge in [-0.05, 0) is 38.8 Å². The predicted octanol–water partition coefficient (Wildman–Crippen LogP) is 1.32. The Balaban J connectivity index is 1.80. The van der Waals surface area contributed by atoms with Crippen LogP contribution in [0.1, 0.15) is 25.0 Å². The summed E-state index contributed by atoms with van der Waals surface area (Å²) in [5, 5.41) is 17.2. The molecule has 1 atom stereocenters. The van der Waals surface area contributed by atoms with Gasteiger partial charge in [0.2, 0.25) is 0 Å². The van der Waals surface area contributed by atoms with Gasteiger partial charge in [0.1, 0.15) is 12.4 Å². The lowest BCUT2D eigenvalue weighted by Gasteiger charge is -2.33. The number of nitrogens with one attached hydrogen (secondary N) is 2. The SMILES string of the molecule is CCNC(=NCC(C)(O)CN1CCOCC1)NCCOc1c(C)cccc1C. The molecule has 1 aliphatic rings. The fourth-order valence-electron chi connectivity index (χ4n) is 3.23. The number of aliphatic hydroxyl groups is 1. The first-order chi connectivity index (χ1) is 13.4. The molecule has 1 heterocycles. The molecule has 0 aromatic heterocycles. The molecule has 1 fully saturated rings. The Kier molecular flexibility index (Phi) is 9.02. The van der Waals surface area contributed by atoms with Gasteiger partial charge in [0.25, 0.3) is 0 Å². The molecule has 1 aliphatic heterocycles. The van der Waals surface area contributed by atoms with Crippen molar-refractivity contribution in [1.82, 2.24) is 15.5 Å². The summed E-state index contributed by atoms with van der Waals surface area (Å²) in [6, 6.07) is 6.14. The van der Waals surface area contributed by atoms with Crippen LogP contribution in [-0.4, -0.2) is 80.7 Å². The Hall–Kier alpha value is -1.83. The van der Waals surface area contributed by atoms with E-state index < -0.39 is 5.60 Å². The highest BCUT2D eigenvalue weighted by atomic mass is 16.5. The number of aryl methyl sites for hydroxylation is 2. The minimum absolute atomic E-state index is 0.331. The van der Waals surface area contributed by atoms with Crippen molar-refractivity contribution in [3.8, 4) is 5.75 Å². The fraction of sp³-hybridized carbons (Fsp3) is 0.667. The first-order valence-electron chi connectivity index (χ1n) is 10.1. The number of benzene rings is 1. The van der Waals surface area contributed by atoms with Crippen LogP contribution in [0.3, 0.4) is 0 Å². The Morgan fingerprint density at radius 1 is 1.25 bits per heavy atom. The van der Waals surface area contributed by atoms with Crippen LogP contribution in [-0.2, 0) is 4.74 Å². The van der Waals surface area contributed by atoms with Crippen molar-refractivity contribution in [3.05, 3.63) is 29.3 Å². The molecule has 7 nitrogen and oxygen atoms in total. The van der Waals surface area contributed by atoms with E-state index in [1.54, 1.807) is 0 Å². The van der Waals surface area contributed by atoms with Crippen LogP contribution in [0.25, 0.3) is 0 Å². The third-order valence-electron chi connectivity index (χ3n) is 4.64. The maximum absolute atomic E-state index is 10.7. The van der Waals surface area contributed by atoms with E-state index in [2.05, 4.69) is 46.5 Å². The molecule has 158 valence electrons. The van der Waals surface area contributed by atoms with E-state index in [4.69, 9.17) is 9.47 Å². The van der Waals surface area contributed by atoms with Crippen LogP contribution in [0.15, 0.2) is 23.2 Å². The van der Waals surface area contributed by atoms with Gasteiger partial charge >= 0.3 is 0 Å². The van der Waals surface area contributed by atoms with E-state index in [1.807, 2.05) is 19.9 Å². The van der Waals surface area contributed by atoms with Gasteiger partial charge in [-0.15, -0.1) is 0 Å². The molecule has 0 aliphatic carbocycles. The maximum atomic E-state index is 10.7. The molecule has 0 bridgehead atoms. The molecular weight excluding hydrogens is 356 g/mol. The summed E-state index contributed by atoms with van der Waals surface area (Å²) in [6.07, 6.45) is 0. The normalized spacial score (nSPS) is 17.8. The first kappa shape index (κ1) is 22.5. The van der Waals surface area contributed by atoms with Crippen molar-refractivity contribution < 1.29 is 14.6 Å². The Bertz CT molecular complexity index is 608. The minimum atomic E-state index is -0.881. The molecule has 1 aromatic rings.